The molecule has 1 saturated carbocycles. The van der Waals surface area contributed by atoms with Crippen molar-refractivity contribution in [2.45, 2.75) is 77.2 Å². The fourth-order valence-corrected chi connectivity index (χ4v) is 4.43. The zero-order chi connectivity index (χ0) is 22.6. The summed E-state index contributed by atoms with van der Waals surface area (Å²) in [7, 11) is 0. The van der Waals surface area contributed by atoms with Crippen LogP contribution in [0.1, 0.15) is 57.1 Å². The van der Waals surface area contributed by atoms with E-state index in [1.165, 1.54) is 10.5 Å². The number of benzene rings is 1. The number of alkyl halides is 1. The van der Waals surface area contributed by atoms with Gasteiger partial charge >= 0.3 is 0 Å². The minimum Gasteiger partial charge on any atom is -0.352 e. The van der Waals surface area contributed by atoms with Gasteiger partial charge in [0, 0.05) is 23.9 Å². The second-order valence-electron chi connectivity index (χ2n) is 9.67. The number of hydrogen-bond acceptors (Lipinski definition) is 4. The number of likely N-dealkylation sites (tertiary alicyclic amines) is 1. The van der Waals surface area contributed by atoms with E-state index >= 15 is 0 Å². The number of hydrogen-bond donors (Lipinski definition) is 2. The van der Waals surface area contributed by atoms with E-state index in [1.54, 1.807) is 0 Å². The maximum atomic E-state index is 13.6. The van der Waals surface area contributed by atoms with Crippen LogP contribution < -0.4 is 10.6 Å². The predicted octanol–water partition coefficient (Wildman–Crippen LogP) is 3.00. The molecule has 6 nitrogen and oxygen atoms in total. The van der Waals surface area contributed by atoms with Gasteiger partial charge in [-0.05, 0) is 45.1 Å². The average Bonchev–Trinajstić information content (AvgIpc) is 3.15. The molecule has 1 aromatic carbocycles. The maximum Gasteiger partial charge on any atom is 0.237 e. The highest BCUT2D eigenvalue weighted by atomic mass is 19.1. The molecular weight excluding hydrogens is 395 g/mol. The first-order valence-corrected chi connectivity index (χ1v) is 11.1. The molecule has 2 aliphatic rings. The van der Waals surface area contributed by atoms with Gasteiger partial charge in [-0.3, -0.25) is 9.59 Å². The molecule has 3 rings (SSSR count). The van der Waals surface area contributed by atoms with Gasteiger partial charge in [-0.2, -0.15) is 5.26 Å². The molecule has 1 aliphatic carbocycles. The van der Waals surface area contributed by atoms with Gasteiger partial charge in [-0.25, -0.2) is 4.39 Å². The first-order valence-electron chi connectivity index (χ1n) is 11.1. The van der Waals surface area contributed by atoms with Crippen LogP contribution in [0.3, 0.4) is 0 Å². The van der Waals surface area contributed by atoms with Crippen molar-refractivity contribution in [1.29, 1.82) is 5.26 Å². The lowest BCUT2D eigenvalue weighted by molar-refractivity contribution is -0.134. The monoisotopic (exact) mass is 428 g/mol. The molecule has 2 atom stereocenters. The molecule has 1 saturated heterocycles. The Bertz CT molecular complexity index is 840. The van der Waals surface area contributed by atoms with Crippen molar-refractivity contribution in [1.82, 2.24) is 15.5 Å². The second-order valence-corrected chi connectivity index (χ2v) is 9.67. The first kappa shape index (κ1) is 23.2. The van der Waals surface area contributed by atoms with E-state index in [0.717, 1.165) is 31.2 Å². The van der Waals surface area contributed by atoms with Crippen molar-refractivity contribution >= 4 is 11.8 Å². The Hall–Kier alpha value is -2.46. The standard InChI is InChI=1S/C24H33FN4O2/c1-17-4-6-18(7-5-17)14-27-22(31)23(2)8-10-24(3,11-9-23)28-15-21(30)29-16-19(25)12-20(29)13-26/h4-7,19-20,28H,8-12,14-16H2,1-3H3,(H,27,31)/t19-,20-,23?,24?/m0/s1. The van der Waals surface area contributed by atoms with Crippen LogP contribution in [0.15, 0.2) is 24.3 Å². The summed E-state index contributed by atoms with van der Waals surface area (Å²) in [5, 5.41) is 15.5. The Labute approximate surface area is 184 Å². The smallest absolute Gasteiger partial charge is 0.237 e. The SMILES string of the molecule is Cc1ccc(CNC(=O)C2(C)CCC(C)(NCC(=O)N3C[C@@H](F)C[C@H]3C#N)CC2)cc1. The molecule has 1 aromatic rings. The van der Waals surface area contributed by atoms with Crippen molar-refractivity contribution in [2.75, 3.05) is 13.1 Å². The van der Waals surface area contributed by atoms with Gasteiger partial charge in [-0.1, -0.05) is 36.8 Å². The third-order valence-corrected chi connectivity index (χ3v) is 6.96. The van der Waals surface area contributed by atoms with Crippen LogP contribution in [0.5, 0.6) is 0 Å². The topological polar surface area (TPSA) is 85.2 Å². The molecule has 0 spiro atoms. The number of rotatable bonds is 6. The van der Waals surface area contributed by atoms with Gasteiger partial charge in [0.2, 0.25) is 11.8 Å². The van der Waals surface area contributed by atoms with Crippen LogP contribution in [0.25, 0.3) is 0 Å². The number of nitrogens with one attached hydrogen (secondary N) is 2. The molecule has 0 aromatic heterocycles. The van der Waals surface area contributed by atoms with E-state index in [1.807, 2.05) is 44.2 Å². The molecular formula is C24H33FN4O2. The van der Waals surface area contributed by atoms with Crippen LogP contribution in [-0.4, -0.2) is 47.6 Å². The summed E-state index contributed by atoms with van der Waals surface area (Å²) >= 11 is 0. The van der Waals surface area contributed by atoms with Crippen molar-refractivity contribution in [3.8, 4) is 6.07 Å². The first-order chi connectivity index (χ1) is 14.6. The Kier molecular flexibility index (Phi) is 7.00. The van der Waals surface area contributed by atoms with Crippen molar-refractivity contribution in [3.63, 3.8) is 0 Å². The number of nitriles is 1. The number of amides is 2. The number of carbonyl (C=O) groups excluding carboxylic acids is 2. The van der Waals surface area contributed by atoms with E-state index < -0.39 is 17.6 Å². The molecule has 168 valence electrons. The van der Waals surface area contributed by atoms with Crippen LogP contribution in [0, 0.1) is 23.7 Å². The van der Waals surface area contributed by atoms with Gasteiger partial charge in [0.1, 0.15) is 12.2 Å². The van der Waals surface area contributed by atoms with Crippen molar-refractivity contribution in [2.24, 2.45) is 5.41 Å². The van der Waals surface area contributed by atoms with Crippen molar-refractivity contribution < 1.29 is 14.0 Å². The Morgan fingerprint density at radius 2 is 1.84 bits per heavy atom. The summed E-state index contributed by atoms with van der Waals surface area (Å²) in [6.45, 7) is 6.70. The second kappa shape index (κ2) is 9.35. The predicted molar refractivity (Wildman–Crippen MR) is 117 cm³/mol. The summed E-state index contributed by atoms with van der Waals surface area (Å²) < 4.78 is 13.6. The highest BCUT2D eigenvalue weighted by Crippen LogP contribution is 2.40. The summed E-state index contributed by atoms with van der Waals surface area (Å²) in [5.74, 6) is -0.175. The summed E-state index contributed by atoms with van der Waals surface area (Å²) in [4.78, 5) is 26.7. The molecule has 1 aliphatic heterocycles. The van der Waals surface area contributed by atoms with E-state index in [0.29, 0.717) is 6.54 Å². The van der Waals surface area contributed by atoms with E-state index in [4.69, 9.17) is 5.26 Å². The van der Waals surface area contributed by atoms with Crippen LogP contribution in [-0.2, 0) is 16.1 Å². The van der Waals surface area contributed by atoms with E-state index in [-0.39, 0.29) is 36.9 Å². The Morgan fingerprint density at radius 3 is 2.45 bits per heavy atom. The van der Waals surface area contributed by atoms with E-state index in [2.05, 4.69) is 17.6 Å². The minimum atomic E-state index is -1.13. The summed E-state index contributed by atoms with van der Waals surface area (Å²) in [6, 6.07) is 9.47. The van der Waals surface area contributed by atoms with Crippen LogP contribution in [0.2, 0.25) is 0 Å². The van der Waals surface area contributed by atoms with Gasteiger partial charge in [0.15, 0.2) is 0 Å². The molecule has 2 fully saturated rings. The molecule has 2 N–H and O–H groups in total. The van der Waals surface area contributed by atoms with Crippen LogP contribution >= 0.6 is 0 Å². The number of aryl methyl sites for hydroxylation is 1. The fraction of sp³-hybridized carbons (Fsp3) is 0.625. The summed E-state index contributed by atoms with van der Waals surface area (Å²) in [6.07, 6.45) is 1.95. The van der Waals surface area contributed by atoms with Gasteiger partial charge < -0.3 is 15.5 Å². The van der Waals surface area contributed by atoms with Gasteiger partial charge in [0.05, 0.1) is 19.2 Å². The largest absolute Gasteiger partial charge is 0.352 e. The normalized spacial score (nSPS) is 30.6. The zero-order valence-electron chi connectivity index (χ0n) is 18.7. The fourth-order valence-electron chi connectivity index (χ4n) is 4.43. The highest BCUT2D eigenvalue weighted by Gasteiger charge is 2.42. The van der Waals surface area contributed by atoms with Gasteiger partial charge in [0.25, 0.3) is 0 Å². The molecule has 1 heterocycles. The lowest BCUT2D eigenvalue weighted by Crippen LogP contribution is -2.53. The third kappa shape index (κ3) is 5.62. The lowest BCUT2D eigenvalue weighted by Gasteiger charge is -2.43. The van der Waals surface area contributed by atoms with Crippen molar-refractivity contribution in [3.05, 3.63) is 35.4 Å². The zero-order valence-corrected chi connectivity index (χ0v) is 18.7. The minimum absolute atomic E-state index is 0.00528. The number of halogens is 1. The van der Waals surface area contributed by atoms with Gasteiger partial charge in [-0.15, -0.1) is 0 Å². The number of carbonyl (C=O) groups is 2. The summed E-state index contributed by atoms with van der Waals surface area (Å²) in [5.41, 5.74) is 1.58. The van der Waals surface area contributed by atoms with E-state index in [9.17, 15) is 14.0 Å². The molecule has 0 radical (unpaired) electrons. The third-order valence-electron chi connectivity index (χ3n) is 6.96. The maximum absolute atomic E-state index is 13.6. The molecule has 2 amide bonds. The molecule has 0 bridgehead atoms. The molecule has 7 heteroatoms. The molecule has 31 heavy (non-hydrogen) atoms. The highest BCUT2D eigenvalue weighted by molar-refractivity contribution is 5.82. The Balaban J connectivity index is 1.47. The lowest BCUT2D eigenvalue weighted by atomic mass is 9.68. The Morgan fingerprint density at radius 1 is 1.19 bits per heavy atom. The molecule has 0 unspecified atom stereocenters. The average molecular weight is 429 g/mol. The number of nitrogens with zero attached hydrogens (tertiary/aromatic N) is 2. The quantitative estimate of drug-likeness (QED) is 0.729. The van der Waals surface area contributed by atoms with Crippen LogP contribution in [0.4, 0.5) is 4.39 Å².